The van der Waals surface area contributed by atoms with Gasteiger partial charge in [0.05, 0.1) is 6.10 Å². The smallest absolute Gasteiger partial charge is 0.0509 e. The first-order chi connectivity index (χ1) is 7.99. The van der Waals surface area contributed by atoms with Gasteiger partial charge in [-0.1, -0.05) is 54.9 Å². The van der Waals surface area contributed by atoms with Gasteiger partial charge in [0.1, 0.15) is 0 Å². The van der Waals surface area contributed by atoms with Crippen LogP contribution in [0.15, 0.2) is 0 Å². The van der Waals surface area contributed by atoms with Crippen LogP contribution in [-0.2, 0) is 0 Å². The van der Waals surface area contributed by atoms with E-state index < -0.39 is 0 Å². The molecule has 1 fully saturated rings. The second kappa shape index (κ2) is 6.41. The first-order valence-electron chi connectivity index (χ1n) is 7.68. The highest BCUT2D eigenvalue weighted by atomic mass is 16.3. The van der Waals surface area contributed by atoms with Gasteiger partial charge in [-0.15, -0.1) is 0 Å². The van der Waals surface area contributed by atoms with E-state index >= 15 is 0 Å². The standard InChI is InChI=1S/C13H26.C4H10O/c1-7-13(8-9-13)10-12(5,6)11(2,3)4;1-3-4(2)5/h7-10H2,1-6H3;4-5H,3H2,1-2H3. The molecule has 0 heterocycles. The van der Waals surface area contributed by atoms with E-state index in [1.165, 1.54) is 25.7 Å². The van der Waals surface area contributed by atoms with Crippen molar-refractivity contribution >= 4 is 0 Å². The predicted molar refractivity (Wildman–Crippen MR) is 81.8 cm³/mol. The maximum absolute atomic E-state index is 8.36. The van der Waals surface area contributed by atoms with Crippen LogP contribution in [0, 0.1) is 16.2 Å². The molecule has 0 spiro atoms. The molecule has 0 radical (unpaired) electrons. The average Bonchev–Trinajstić information content (AvgIpc) is 2.97. The van der Waals surface area contributed by atoms with Crippen molar-refractivity contribution in [2.24, 2.45) is 16.2 Å². The second-order valence-electron chi connectivity index (χ2n) is 7.92. The fraction of sp³-hybridized carbons (Fsp3) is 1.00. The lowest BCUT2D eigenvalue weighted by Gasteiger charge is -2.41. The van der Waals surface area contributed by atoms with Crippen LogP contribution in [0.4, 0.5) is 0 Å². The zero-order chi connectivity index (χ0) is 14.6. The highest BCUT2D eigenvalue weighted by Crippen LogP contribution is 2.59. The van der Waals surface area contributed by atoms with Gasteiger partial charge in [-0.25, -0.2) is 0 Å². The molecule has 18 heavy (non-hydrogen) atoms. The topological polar surface area (TPSA) is 20.2 Å². The molecule has 1 aliphatic rings. The maximum atomic E-state index is 8.36. The van der Waals surface area contributed by atoms with Crippen molar-refractivity contribution in [2.45, 2.75) is 93.6 Å². The molecule has 1 nitrogen and oxygen atoms in total. The Bertz CT molecular complexity index is 228. The quantitative estimate of drug-likeness (QED) is 0.712. The van der Waals surface area contributed by atoms with Crippen LogP contribution in [0.25, 0.3) is 0 Å². The Hall–Kier alpha value is -0.0400. The van der Waals surface area contributed by atoms with Crippen LogP contribution in [0.5, 0.6) is 0 Å². The zero-order valence-corrected chi connectivity index (χ0v) is 14.1. The summed E-state index contributed by atoms with van der Waals surface area (Å²) >= 11 is 0. The summed E-state index contributed by atoms with van der Waals surface area (Å²) in [4.78, 5) is 0. The van der Waals surface area contributed by atoms with Crippen molar-refractivity contribution < 1.29 is 5.11 Å². The van der Waals surface area contributed by atoms with Crippen LogP contribution < -0.4 is 0 Å². The lowest BCUT2D eigenvalue weighted by molar-refractivity contribution is 0.0873. The molecule has 110 valence electrons. The Labute approximate surface area is 115 Å². The third-order valence-electron chi connectivity index (χ3n) is 5.15. The Morgan fingerprint density at radius 3 is 1.61 bits per heavy atom. The maximum Gasteiger partial charge on any atom is 0.0509 e. The molecule has 0 aromatic carbocycles. The van der Waals surface area contributed by atoms with Crippen LogP contribution in [-0.4, -0.2) is 11.2 Å². The van der Waals surface area contributed by atoms with E-state index in [0.717, 1.165) is 11.8 Å². The highest BCUT2D eigenvalue weighted by Gasteiger charge is 2.47. The minimum Gasteiger partial charge on any atom is -0.393 e. The number of aliphatic hydroxyl groups is 1. The summed E-state index contributed by atoms with van der Waals surface area (Å²) in [5.41, 5.74) is 1.66. The van der Waals surface area contributed by atoms with Gasteiger partial charge in [0.25, 0.3) is 0 Å². The molecular formula is C17H36O. The van der Waals surface area contributed by atoms with E-state index in [1.807, 2.05) is 6.92 Å². The summed E-state index contributed by atoms with van der Waals surface area (Å²) in [5.74, 6) is 0. The Balaban J connectivity index is 0.000000494. The number of aliphatic hydroxyl groups excluding tert-OH is 1. The summed E-state index contributed by atoms with van der Waals surface area (Å²) in [6.07, 6.45) is 6.49. The second-order valence-corrected chi connectivity index (χ2v) is 7.92. The van der Waals surface area contributed by atoms with Gasteiger partial charge in [0, 0.05) is 0 Å². The molecule has 0 aliphatic heterocycles. The van der Waals surface area contributed by atoms with Crippen LogP contribution >= 0.6 is 0 Å². The van der Waals surface area contributed by atoms with Crippen LogP contribution in [0.3, 0.4) is 0 Å². The third kappa shape index (κ3) is 5.73. The van der Waals surface area contributed by atoms with Crippen molar-refractivity contribution in [3.8, 4) is 0 Å². The van der Waals surface area contributed by atoms with Crippen LogP contribution in [0.2, 0.25) is 0 Å². The van der Waals surface area contributed by atoms with E-state index in [4.69, 9.17) is 5.11 Å². The molecule has 0 amide bonds. The van der Waals surface area contributed by atoms with Gasteiger partial charge in [-0.3, -0.25) is 0 Å². The van der Waals surface area contributed by atoms with Crippen molar-refractivity contribution in [3.05, 3.63) is 0 Å². The summed E-state index contributed by atoms with van der Waals surface area (Å²) < 4.78 is 0. The molecule has 0 bridgehead atoms. The molecule has 0 aromatic heterocycles. The predicted octanol–water partition coefficient (Wildman–Crippen LogP) is 5.42. The first kappa shape index (κ1) is 18.0. The Kier molecular flexibility index (Phi) is 6.40. The van der Waals surface area contributed by atoms with Gasteiger partial charge in [0.15, 0.2) is 0 Å². The van der Waals surface area contributed by atoms with Crippen molar-refractivity contribution in [3.63, 3.8) is 0 Å². The van der Waals surface area contributed by atoms with E-state index in [-0.39, 0.29) is 6.10 Å². The Morgan fingerprint density at radius 1 is 1.06 bits per heavy atom. The van der Waals surface area contributed by atoms with E-state index in [2.05, 4.69) is 41.5 Å². The largest absolute Gasteiger partial charge is 0.393 e. The molecule has 1 aliphatic carbocycles. The van der Waals surface area contributed by atoms with Crippen molar-refractivity contribution in [1.82, 2.24) is 0 Å². The summed E-state index contributed by atoms with van der Waals surface area (Å²) in [5, 5.41) is 8.36. The minimum absolute atomic E-state index is 0.116. The fourth-order valence-corrected chi connectivity index (χ4v) is 2.03. The molecule has 1 rings (SSSR count). The minimum atomic E-state index is -0.116. The third-order valence-corrected chi connectivity index (χ3v) is 5.15. The fourth-order valence-electron chi connectivity index (χ4n) is 2.03. The Morgan fingerprint density at radius 2 is 1.44 bits per heavy atom. The lowest BCUT2D eigenvalue weighted by atomic mass is 9.64. The number of hydrogen-bond acceptors (Lipinski definition) is 1. The van der Waals surface area contributed by atoms with E-state index in [1.54, 1.807) is 6.92 Å². The lowest BCUT2D eigenvalue weighted by Crippen LogP contribution is -2.32. The molecule has 1 saturated carbocycles. The summed E-state index contributed by atoms with van der Waals surface area (Å²) in [7, 11) is 0. The van der Waals surface area contributed by atoms with E-state index in [0.29, 0.717) is 10.8 Å². The van der Waals surface area contributed by atoms with Gasteiger partial charge >= 0.3 is 0 Å². The molecule has 1 heteroatoms. The number of rotatable bonds is 4. The highest BCUT2D eigenvalue weighted by molar-refractivity contribution is 4.98. The molecule has 0 saturated heterocycles. The summed E-state index contributed by atoms with van der Waals surface area (Å²) in [6.45, 7) is 18.1. The van der Waals surface area contributed by atoms with Crippen molar-refractivity contribution in [2.75, 3.05) is 0 Å². The monoisotopic (exact) mass is 256 g/mol. The molecule has 0 aromatic rings. The first-order valence-corrected chi connectivity index (χ1v) is 7.68. The molecule has 1 N–H and O–H groups in total. The normalized spacial score (nSPS) is 19.8. The van der Waals surface area contributed by atoms with Gasteiger partial charge in [-0.05, 0) is 48.9 Å². The summed E-state index contributed by atoms with van der Waals surface area (Å²) in [6, 6.07) is 0. The molecular weight excluding hydrogens is 220 g/mol. The van der Waals surface area contributed by atoms with Gasteiger partial charge in [-0.2, -0.15) is 0 Å². The zero-order valence-electron chi connectivity index (χ0n) is 14.1. The van der Waals surface area contributed by atoms with Gasteiger partial charge < -0.3 is 5.11 Å². The van der Waals surface area contributed by atoms with Crippen molar-refractivity contribution in [1.29, 1.82) is 0 Å². The van der Waals surface area contributed by atoms with E-state index in [9.17, 15) is 0 Å². The average molecular weight is 256 g/mol. The molecule has 1 atom stereocenters. The SMILES string of the molecule is CCC(C)O.CCC1(CC(C)(C)C(C)(C)C)CC1. The molecule has 1 unspecified atom stereocenters. The number of hydrogen-bond donors (Lipinski definition) is 1. The van der Waals surface area contributed by atoms with Gasteiger partial charge in [0.2, 0.25) is 0 Å². The van der Waals surface area contributed by atoms with Crippen LogP contribution in [0.1, 0.15) is 87.5 Å².